The Kier molecular flexibility index (Phi) is 1.59. The Morgan fingerprint density at radius 2 is 2.00 bits per heavy atom. The maximum Gasteiger partial charge on any atom is 0.312 e. The maximum atomic E-state index is 11.7. The zero-order valence-corrected chi connectivity index (χ0v) is 8.89. The normalized spacial score (nSPS) is 41.8. The van der Waals surface area contributed by atoms with Gasteiger partial charge in [0.2, 0.25) is 0 Å². The topological polar surface area (TPSA) is 26.3 Å². The van der Waals surface area contributed by atoms with Gasteiger partial charge in [-0.1, -0.05) is 6.92 Å². The van der Waals surface area contributed by atoms with Gasteiger partial charge < -0.3 is 4.74 Å². The number of esters is 1. The van der Waals surface area contributed by atoms with Gasteiger partial charge in [-0.05, 0) is 45.4 Å². The summed E-state index contributed by atoms with van der Waals surface area (Å²) >= 11 is 0. The molecule has 2 rings (SSSR count). The number of carbonyl (C=O) groups is 1. The van der Waals surface area contributed by atoms with Crippen LogP contribution in [-0.4, -0.2) is 11.6 Å². The largest absolute Gasteiger partial charge is 0.460 e. The van der Waals surface area contributed by atoms with Crippen molar-refractivity contribution in [3.8, 4) is 0 Å². The fraction of sp³-hybridized carbons (Fsp3) is 0.909. The molecule has 13 heavy (non-hydrogen) atoms. The summed E-state index contributed by atoms with van der Waals surface area (Å²) in [4.78, 5) is 11.7. The molecule has 0 saturated heterocycles. The highest BCUT2D eigenvalue weighted by molar-refractivity contribution is 5.82. The van der Waals surface area contributed by atoms with E-state index in [0.29, 0.717) is 5.92 Å². The Labute approximate surface area is 79.7 Å². The highest BCUT2D eigenvalue weighted by atomic mass is 16.6. The third-order valence-electron chi connectivity index (χ3n) is 3.31. The van der Waals surface area contributed by atoms with Gasteiger partial charge in [-0.25, -0.2) is 0 Å². The van der Waals surface area contributed by atoms with Gasteiger partial charge in [-0.3, -0.25) is 4.79 Å². The van der Waals surface area contributed by atoms with Crippen molar-refractivity contribution in [1.82, 2.24) is 0 Å². The van der Waals surface area contributed by atoms with Gasteiger partial charge in [0.25, 0.3) is 0 Å². The molecule has 74 valence electrons. The van der Waals surface area contributed by atoms with Crippen LogP contribution in [-0.2, 0) is 9.53 Å². The Hall–Kier alpha value is -0.530. The monoisotopic (exact) mass is 182 g/mol. The molecule has 0 radical (unpaired) electrons. The van der Waals surface area contributed by atoms with Crippen LogP contribution in [0.4, 0.5) is 0 Å². The van der Waals surface area contributed by atoms with Gasteiger partial charge in [-0.15, -0.1) is 0 Å². The molecule has 2 nitrogen and oxygen atoms in total. The highest BCUT2D eigenvalue weighted by Gasteiger charge is 2.71. The molecule has 2 heteroatoms. The summed E-state index contributed by atoms with van der Waals surface area (Å²) in [7, 11) is 0. The lowest BCUT2D eigenvalue weighted by Gasteiger charge is -2.32. The lowest BCUT2D eigenvalue weighted by Crippen LogP contribution is -2.37. The van der Waals surface area contributed by atoms with Gasteiger partial charge in [0.05, 0.1) is 5.41 Å². The number of rotatable bonds is 1. The first-order valence-electron chi connectivity index (χ1n) is 5.09. The number of fused-ring (bicyclic) bond motifs is 1. The van der Waals surface area contributed by atoms with Crippen molar-refractivity contribution in [3.05, 3.63) is 0 Å². The molecule has 0 amide bonds. The minimum Gasteiger partial charge on any atom is -0.460 e. The van der Waals surface area contributed by atoms with Crippen molar-refractivity contribution in [2.24, 2.45) is 17.3 Å². The Bertz CT molecular complexity index is 251. The molecule has 0 unspecified atom stereocenters. The molecule has 3 atom stereocenters. The van der Waals surface area contributed by atoms with Crippen LogP contribution in [0.2, 0.25) is 0 Å². The Morgan fingerprint density at radius 1 is 1.38 bits per heavy atom. The van der Waals surface area contributed by atoms with Crippen molar-refractivity contribution < 1.29 is 9.53 Å². The zero-order valence-electron chi connectivity index (χ0n) is 8.89. The first-order chi connectivity index (χ1) is 5.85. The van der Waals surface area contributed by atoms with E-state index >= 15 is 0 Å². The lowest BCUT2D eigenvalue weighted by molar-refractivity contribution is -0.166. The third-order valence-corrected chi connectivity index (χ3v) is 3.31. The first-order valence-corrected chi connectivity index (χ1v) is 5.09. The number of carbonyl (C=O) groups excluding carboxylic acids is 1. The third kappa shape index (κ3) is 1.27. The summed E-state index contributed by atoms with van der Waals surface area (Å²) in [6.07, 6.45) is 2.12. The minimum atomic E-state index is -0.322. The van der Waals surface area contributed by atoms with Crippen molar-refractivity contribution in [2.45, 2.75) is 46.1 Å². The van der Waals surface area contributed by atoms with Gasteiger partial charge >= 0.3 is 5.97 Å². The summed E-state index contributed by atoms with van der Waals surface area (Å²) in [5, 5.41) is 0. The average molecular weight is 182 g/mol. The van der Waals surface area contributed by atoms with Crippen LogP contribution < -0.4 is 0 Å². The maximum absolute atomic E-state index is 11.7. The minimum absolute atomic E-state index is 0.0350. The summed E-state index contributed by atoms with van der Waals surface area (Å²) in [6, 6.07) is 0. The van der Waals surface area contributed by atoms with Crippen LogP contribution in [0, 0.1) is 17.3 Å². The molecule has 0 aromatic heterocycles. The van der Waals surface area contributed by atoms with Crippen LogP contribution in [0.1, 0.15) is 40.5 Å². The predicted molar refractivity (Wildman–Crippen MR) is 50.2 cm³/mol. The van der Waals surface area contributed by atoms with Crippen LogP contribution in [0.3, 0.4) is 0 Å². The molecule has 0 N–H and O–H groups in total. The van der Waals surface area contributed by atoms with E-state index in [9.17, 15) is 4.79 Å². The molecule has 2 fully saturated rings. The van der Waals surface area contributed by atoms with Crippen LogP contribution in [0.15, 0.2) is 0 Å². The molecule has 2 aliphatic carbocycles. The molecule has 0 spiro atoms. The van der Waals surface area contributed by atoms with Gasteiger partial charge in [0.1, 0.15) is 5.60 Å². The summed E-state index contributed by atoms with van der Waals surface area (Å²) in [5.74, 6) is 1.43. The van der Waals surface area contributed by atoms with E-state index < -0.39 is 0 Å². The molecule has 0 aromatic rings. The number of hydrogen-bond acceptors (Lipinski definition) is 2. The average Bonchev–Trinajstić information content (AvgIpc) is 2.53. The summed E-state index contributed by atoms with van der Waals surface area (Å²) in [5.41, 5.74) is -0.357. The second kappa shape index (κ2) is 2.28. The standard InChI is InChI=1S/C11H18O2/c1-7-5-11(6-8(7)11)9(12)13-10(2,3)4/h7-8H,5-6H2,1-4H3/t7-,8+,11-/m0/s1. The molecular formula is C11H18O2. The molecule has 0 aliphatic heterocycles. The lowest BCUT2D eigenvalue weighted by atomic mass is 9.76. The van der Waals surface area contributed by atoms with E-state index in [1.54, 1.807) is 0 Å². The first kappa shape index (κ1) is 9.04. The van der Waals surface area contributed by atoms with Gasteiger partial charge in [-0.2, -0.15) is 0 Å². The van der Waals surface area contributed by atoms with Crippen molar-refractivity contribution in [1.29, 1.82) is 0 Å². The smallest absolute Gasteiger partial charge is 0.312 e. The van der Waals surface area contributed by atoms with Gasteiger partial charge in [0.15, 0.2) is 0 Å². The molecule has 0 bridgehead atoms. The SMILES string of the molecule is C[C@H]1C[C@]2(C(=O)OC(C)(C)C)C[C@H]12. The zero-order chi connectivity index (χ0) is 9.85. The highest BCUT2D eigenvalue weighted by Crippen LogP contribution is 2.71. The summed E-state index contributed by atoms with van der Waals surface area (Å²) in [6.45, 7) is 8.02. The quantitative estimate of drug-likeness (QED) is 0.582. The number of hydrogen-bond donors (Lipinski definition) is 0. The second-order valence-electron chi connectivity index (χ2n) is 5.65. The van der Waals surface area contributed by atoms with Crippen molar-refractivity contribution >= 4 is 5.97 Å². The molecule has 0 heterocycles. The van der Waals surface area contributed by atoms with Crippen LogP contribution >= 0.6 is 0 Å². The molecule has 0 aromatic carbocycles. The van der Waals surface area contributed by atoms with Crippen LogP contribution in [0.25, 0.3) is 0 Å². The predicted octanol–water partition coefficient (Wildman–Crippen LogP) is 2.37. The van der Waals surface area contributed by atoms with E-state index in [2.05, 4.69) is 6.92 Å². The molecule has 2 saturated carbocycles. The molecule has 2 aliphatic rings. The fourth-order valence-electron chi connectivity index (χ4n) is 2.57. The Morgan fingerprint density at radius 3 is 2.31 bits per heavy atom. The fourth-order valence-corrected chi connectivity index (χ4v) is 2.57. The van der Waals surface area contributed by atoms with E-state index in [-0.39, 0.29) is 17.0 Å². The second-order valence-corrected chi connectivity index (χ2v) is 5.65. The molecular weight excluding hydrogens is 164 g/mol. The Balaban J connectivity index is 1.94. The van der Waals surface area contributed by atoms with Gasteiger partial charge in [0, 0.05) is 0 Å². The van der Waals surface area contributed by atoms with Crippen LogP contribution in [0.5, 0.6) is 0 Å². The summed E-state index contributed by atoms with van der Waals surface area (Å²) < 4.78 is 5.40. The van der Waals surface area contributed by atoms with E-state index in [0.717, 1.165) is 18.8 Å². The van der Waals surface area contributed by atoms with Crippen molar-refractivity contribution in [2.75, 3.05) is 0 Å². The van der Waals surface area contributed by atoms with E-state index in [4.69, 9.17) is 4.74 Å². The number of ether oxygens (including phenoxy) is 1. The van der Waals surface area contributed by atoms with E-state index in [1.165, 1.54) is 0 Å². The van der Waals surface area contributed by atoms with E-state index in [1.807, 2.05) is 20.8 Å². The van der Waals surface area contributed by atoms with Crippen molar-refractivity contribution in [3.63, 3.8) is 0 Å².